The quantitative estimate of drug-likeness (QED) is 0.719. The predicted octanol–water partition coefficient (Wildman–Crippen LogP) is -0.0822. The van der Waals surface area contributed by atoms with E-state index in [9.17, 15) is 9.59 Å². The van der Waals surface area contributed by atoms with Gasteiger partial charge in [-0.05, 0) is 5.92 Å². The predicted molar refractivity (Wildman–Crippen MR) is 65.9 cm³/mol. The molecule has 1 aliphatic heterocycles. The number of carbonyl (C=O) groups is 2. The molecule has 1 amide bonds. The molecule has 6 nitrogen and oxygen atoms in total. The fraction of sp³-hybridized carbons (Fsp3) is 0.833. The van der Waals surface area contributed by atoms with E-state index in [1.165, 1.54) is 4.90 Å². The van der Waals surface area contributed by atoms with Crippen molar-refractivity contribution >= 4 is 11.9 Å². The lowest BCUT2D eigenvalue weighted by Crippen LogP contribution is -2.52. The Hall–Kier alpha value is -1.14. The molecule has 3 N–H and O–H groups in total. The average molecular weight is 258 g/mol. The maximum absolute atomic E-state index is 12.2. The van der Waals surface area contributed by atoms with Gasteiger partial charge in [0, 0.05) is 7.05 Å². The number of likely N-dealkylation sites (N-methyl/N-ethyl adjacent to an activating group) is 1. The van der Waals surface area contributed by atoms with Crippen molar-refractivity contribution in [3.63, 3.8) is 0 Å². The van der Waals surface area contributed by atoms with Crippen LogP contribution in [0.4, 0.5) is 0 Å². The fourth-order valence-corrected chi connectivity index (χ4v) is 2.06. The van der Waals surface area contributed by atoms with Crippen LogP contribution in [0.1, 0.15) is 20.3 Å². The molecule has 104 valence electrons. The van der Waals surface area contributed by atoms with Gasteiger partial charge in [-0.25, -0.2) is 0 Å². The molecule has 0 bridgehead atoms. The molecule has 0 aromatic carbocycles. The zero-order valence-electron chi connectivity index (χ0n) is 11.1. The van der Waals surface area contributed by atoms with Crippen LogP contribution in [-0.4, -0.2) is 54.2 Å². The summed E-state index contributed by atoms with van der Waals surface area (Å²) < 4.78 is 5.15. The number of carbonyl (C=O) groups excluding carboxylic acids is 1. The van der Waals surface area contributed by atoms with E-state index in [1.54, 1.807) is 7.05 Å². The maximum Gasteiger partial charge on any atom is 0.311 e. The number of hydrogen-bond acceptors (Lipinski definition) is 4. The van der Waals surface area contributed by atoms with Gasteiger partial charge in [-0.1, -0.05) is 20.3 Å². The third-order valence-electron chi connectivity index (χ3n) is 3.75. The van der Waals surface area contributed by atoms with Gasteiger partial charge in [-0.3, -0.25) is 9.59 Å². The van der Waals surface area contributed by atoms with Crippen LogP contribution >= 0.6 is 0 Å². The number of nitrogens with two attached hydrogens (primary N) is 1. The Balaban J connectivity index is 2.71. The van der Waals surface area contributed by atoms with Crippen LogP contribution in [0.15, 0.2) is 0 Å². The maximum atomic E-state index is 12.2. The molecular weight excluding hydrogens is 236 g/mol. The first-order valence-corrected chi connectivity index (χ1v) is 6.22. The van der Waals surface area contributed by atoms with Crippen molar-refractivity contribution in [2.24, 2.45) is 17.6 Å². The summed E-state index contributed by atoms with van der Waals surface area (Å²) in [5.74, 6) is -1.74. The lowest BCUT2D eigenvalue weighted by molar-refractivity contribution is -0.145. The van der Waals surface area contributed by atoms with Gasteiger partial charge in [0.25, 0.3) is 0 Å². The summed E-state index contributed by atoms with van der Waals surface area (Å²) in [5, 5.41) is 9.06. The SMILES string of the molecule is CCC(C)[C@H](N)C(=O)N(C)C1COCC1C(=O)O. The minimum atomic E-state index is -0.936. The molecule has 0 saturated carbocycles. The second kappa shape index (κ2) is 6.15. The van der Waals surface area contributed by atoms with Gasteiger partial charge < -0.3 is 20.5 Å². The van der Waals surface area contributed by atoms with E-state index in [0.29, 0.717) is 0 Å². The first-order valence-electron chi connectivity index (χ1n) is 6.22. The molecule has 0 aliphatic carbocycles. The van der Waals surface area contributed by atoms with E-state index in [-0.39, 0.29) is 25.0 Å². The third kappa shape index (κ3) is 3.00. The van der Waals surface area contributed by atoms with E-state index in [4.69, 9.17) is 15.6 Å². The van der Waals surface area contributed by atoms with Crippen LogP contribution in [0.3, 0.4) is 0 Å². The Morgan fingerprint density at radius 3 is 2.61 bits per heavy atom. The Labute approximate surface area is 107 Å². The van der Waals surface area contributed by atoms with Gasteiger partial charge in [-0.2, -0.15) is 0 Å². The van der Waals surface area contributed by atoms with Crippen LogP contribution in [0, 0.1) is 11.8 Å². The highest BCUT2D eigenvalue weighted by Gasteiger charge is 2.39. The average Bonchev–Trinajstić information content (AvgIpc) is 2.84. The number of amides is 1. The summed E-state index contributed by atoms with van der Waals surface area (Å²) in [7, 11) is 1.60. The highest BCUT2D eigenvalue weighted by molar-refractivity contribution is 5.83. The molecule has 0 spiro atoms. The lowest BCUT2D eigenvalue weighted by Gasteiger charge is -2.30. The van der Waals surface area contributed by atoms with E-state index >= 15 is 0 Å². The highest BCUT2D eigenvalue weighted by Crippen LogP contribution is 2.20. The summed E-state index contributed by atoms with van der Waals surface area (Å²) in [4.78, 5) is 24.6. The molecule has 1 saturated heterocycles. The summed E-state index contributed by atoms with van der Waals surface area (Å²) in [6.07, 6.45) is 0.810. The third-order valence-corrected chi connectivity index (χ3v) is 3.75. The summed E-state index contributed by atoms with van der Waals surface area (Å²) in [6.45, 7) is 4.29. The largest absolute Gasteiger partial charge is 0.481 e. The molecule has 3 unspecified atom stereocenters. The van der Waals surface area contributed by atoms with Gasteiger partial charge in [0.1, 0.15) is 5.92 Å². The Kier molecular flexibility index (Phi) is 5.10. The van der Waals surface area contributed by atoms with E-state index in [1.807, 2.05) is 13.8 Å². The van der Waals surface area contributed by atoms with Crippen molar-refractivity contribution in [3.8, 4) is 0 Å². The topological polar surface area (TPSA) is 92.9 Å². The van der Waals surface area contributed by atoms with Crippen molar-refractivity contribution < 1.29 is 19.4 Å². The smallest absolute Gasteiger partial charge is 0.311 e. The van der Waals surface area contributed by atoms with Crippen LogP contribution < -0.4 is 5.73 Å². The first kappa shape index (κ1) is 14.9. The molecule has 1 rings (SSSR count). The number of nitrogens with zero attached hydrogens (tertiary/aromatic N) is 1. The Bertz CT molecular complexity index is 321. The number of hydrogen-bond donors (Lipinski definition) is 2. The number of ether oxygens (including phenoxy) is 1. The van der Waals surface area contributed by atoms with Gasteiger partial charge in [0.15, 0.2) is 0 Å². The molecule has 0 aromatic heterocycles. The van der Waals surface area contributed by atoms with Crippen LogP contribution in [0.5, 0.6) is 0 Å². The summed E-state index contributed by atoms with van der Waals surface area (Å²) in [5.41, 5.74) is 5.88. The molecule has 6 heteroatoms. The van der Waals surface area contributed by atoms with E-state index in [2.05, 4.69) is 0 Å². The van der Waals surface area contributed by atoms with Crippen molar-refractivity contribution in [3.05, 3.63) is 0 Å². The number of rotatable bonds is 5. The normalized spacial score (nSPS) is 26.7. The lowest BCUT2D eigenvalue weighted by atomic mass is 9.96. The Morgan fingerprint density at radius 1 is 1.50 bits per heavy atom. The summed E-state index contributed by atoms with van der Waals surface area (Å²) in [6, 6.07) is -1.01. The second-order valence-corrected chi connectivity index (χ2v) is 4.91. The number of aliphatic carboxylic acids is 1. The number of carboxylic acid groups (broad SMARTS) is 1. The molecule has 0 radical (unpaired) electrons. The van der Waals surface area contributed by atoms with Gasteiger partial charge >= 0.3 is 5.97 Å². The molecule has 0 aromatic rings. The van der Waals surface area contributed by atoms with Crippen LogP contribution in [-0.2, 0) is 14.3 Å². The van der Waals surface area contributed by atoms with Crippen LogP contribution in [0.2, 0.25) is 0 Å². The number of carboxylic acids is 1. The minimum Gasteiger partial charge on any atom is -0.481 e. The molecule has 18 heavy (non-hydrogen) atoms. The molecular formula is C12H22N2O4. The van der Waals surface area contributed by atoms with Crippen molar-refractivity contribution in [1.29, 1.82) is 0 Å². The van der Waals surface area contributed by atoms with Crippen LogP contribution in [0.25, 0.3) is 0 Å². The van der Waals surface area contributed by atoms with Gasteiger partial charge in [0.05, 0.1) is 25.3 Å². The zero-order valence-corrected chi connectivity index (χ0v) is 11.1. The van der Waals surface area contributed by atoms with Gasteiger partial charge in [0.2, 0.25) is 5.91 Å². The standard InChI is InChI=1S/C12H22N2O4/c1-4-7(2)10(13)11(15)14(3)9-6-18-5-8(9)12(16)17/h7-10H,4-6,13H2,1-3H3,(H,16,17)/t7?,8?,9?,10-/m0/s1. The molecule has 4 atom stereocenters. The van der Waals surface area contributed by atoms with Gasteiger partial charge in [-0.15, -0.1) is 0 Å². The highest BCUT2D eigenvalue weighted by atomic mass is 16.5. The fourth-order valence-electron chi connectivity index (χ4n) is 2.06. The van der Waals surface area contributed by atoms with Crippen molar-refractivity contribution in [2.75, 3.05) is 20.3 Å². The zero-order chi connectivity index (χ0) is 13.9. The van der Waals surface area contributed by atoms with Crippen molar-refractivity contribution in [1.82, 2.24) is 4.90 Å². The van der Waals surface area contributed by atoms with Crippen molar-refractivity contribution in [2.45, 2.75) is 32.4 Å². The summed E-state index contributed by atoms with van der Waals surface area (Å²) >= 11 is 0. The Morgan fingerprint density at radius 2 is 2.11 bits per heavy atom. The monoisotopic (exact) mass is 258 g/mol. The first-order chi connectivity index (χ1) is 8.40. The molecule has 1 aliphatic rings. The molecule has 1 fully saturated rings. The minimum absolute atomic E-state index is 0.0746. The molecule has 1 heterocycles. The van der Waals surface area contributed by atoms with E-state index < -0.39 is 24.0 Å². The van der Waals surface area contributed by atoms with E-state index in [0.717, 1.165) is 6.42 Å². The second-order valence-electron chi connectivity index (χ2n) is 4.91.